The molecule has 0 aliphatic heterocycles. The summed E-state index contributed by atoms with van der Waals surface area (Å²) in [4.78, 5) is 13.0. The molecule has 0 aliphatic rings. The molecule has 0 amide bonds. The van der Waals surface area contributed by atoms with Gasteiger partial charge in [-0.1, -0.05) is 13.8 Å². The van der Waals surface area contributed by atoms with Crippen molar-refractivity contribution in [2.24, 2.45) is 11.8 Å². The standard InChI is InChI=1S/C13H21NO4S2/c1-8(2)5-11(13(15)16)7-14-20(17,18)12-6-9(3)19-10(12)4/h6,8,11,14H,5,7H2,1-4H3,(H,15,16). The molecular weight excluding hydrogens is 298 g/mol. The van der Waals surface area contributed by atoms with E-state index in [1.165, 1.54) is 11.3 Å². The number of carboxylic acids is 1. The number of thiophene rings is 1. The van der Waals surface area contributed by atoms with Gasteiger partial charge in [-0.05, 0) is 32.3 Å². The van der Waals surface area contributed by atoms with Gasteiger partial charge < -0.3 is 5.11 Å². The van der Waals surface area contributed by atoms with Gasteiger partial charge in [-0.3, -0.25) is 4.79 Å². The van der Waals surface area contributed by atoms with E-state index in [2.05, 4.69) is 4.72 Å². The molecule has 0 aliphatic carbocycles. The number of nitrogens with one attached hydrogen (secondary N) is 1. The molecule has 1 unspecified atom stereocenters. The minimum atomic E-state index is -3.64. The second-order valence-corrected chi connectivity index (χ2v) is 8.49. The van der Waals surface area contributed by atoms with Crippen molar-refractivity contribution in [2.75, 3.05) is 6.54 Å². The molecule has 1 aromatic rings. The summed E-state index contributed by atoms with van der Waals surface area (Å²) in [5.74, 6) is -1.48. The van der Waals surface area contributed by atoms with Crippen molar-refractivity contribution < 1.29 is 18.3 Å². The Morgan fingerprint density at radius 3 is 2.40 bits per heavy atom. The summed E-state index contributed by atoms with van der Waals surface area (Å²) in [6.45, 7) is 7.34. The molecule has 7 heteroatoms. The minimum Gasteiger partial charge on any atom is -0.481 e. The quantitative estimate of drug-likeness (QED) is 0.808. The number of aryl methyl sites for hydroxylation is 2. The fourth-order valence-corrected chi connectivity index (χ4v) is 4.64. The van der Waals surface area contributed by atoms with Crippen LogP contribution in [0.2, 0.25) is 0 Å². The highest BCUT2D eigenvalue weighted by molar-refractivity contribution is 7.89. The molecule has 114 valence electrons. The number of carbonyl (C=O) groups is 1. The Hall–Kier alpha value is -0.920. The molecule has 1 rings (SSSR count). The fourth-order valence-electron chi connectivity index (χ4n) is 2.00. The zero-order chi connectivity index (χ0) is 15.5. The second kappa shape index (κ2) is 6.69. The summed E-state index contributed by atoms with van der Waals surface area (Å²) in [5.41, 5.74) is 0. The van der Waals surface area contributed by atoms with Crippen LogP contribution < -0.4 is 4.72 Å². The Balaban J connectivity index is 2.81. The van der Waals surface area contributed by atoms with Crippen LogP contribution in [-0.2, 0) is 14.8 Å². The molecule has 0 spiro atoms. The third kappa shape index (κ3) is 4.57. The van der Waals surface area contributed by atoms with Crippen LogP contribution in [0.3, 0.4) is 0 Å². The van der Waals surface area contributed by atoms with Crippen molar-refractivity contribution in [1.29, 1.82) is 0 Å². The average molecular weight is 319 g/mol. The summed E-state index contributed by atoms with van der Waals surface area (Å²) in [5, 5.41) is 9.12. The molecule has 5 nitrogen and oxygen atoms in total. The monoisotopic (exact) mass is 319 g/mol. The van der Waals surface area contributed by atoms with E-state index in [0.717, 1.165) is 4.88 Å². The van der Waals surface area contributed by atoms with Gasteiger partial charge in [0.25, 0.3) is 0 Å². The summed E-state index contributed by atoms with van der Waals surface area (Å²) in [6.07, 6.45) is 0.444. The first-order valence-electron chi connectivity index (χ1n) is 6.43. The van der Waals surface area contributed by atoms with E-state index in [9.17, 15) is 13.2 Å². The van der Waals surface area contributed by atoms with Crippen LogP contribution in [-0.4, -0.2) is 26.0 Å². The molecule has 1 heterocycles. The van der Waals surface area contributed by atoms with Gasteiger partial charge in [0, 0.05) is 16.3 Å². The maximum absolute atomic E-state index is 12.2. The van der Waals surface area contributed by atoms with Crippen molar-refractivity contribution in [1.82, 2.24) is 4.72 Å². The normalized spacial score (nSPS) is 13.7. The van der Waals surface area contributed by atoms with Crippen LogP contribution in [0, 0.1) is 25.7 Å². The largest absolute Gasteiger partial charge is 0.481 e. The van der Waals surface area contributed by atoms with Gasteiger partial charge >= 0.3 is 5.97 Å². The summed E-state index contributed by atoms with van der Waals surface area (Å²) in [6, 6.07) is 1.61. The van der Waals surface area contributed by atoms with Crippen LogP contribution in [0.25, 0.3) is 0 Å². The molecule has 0 bridgehead atoms. The van der Waals surface area contributed by atoms with Crippen LogP contribution in [0.15, 0.2) is 11.0 Å². The van der Waals surface area contributed by atoms with E-state index in [1.54, 1.807) is 13.0 Å². The van der Waals surface area contributed by atoms with E-state index in [0.29, 0.717) is 11.3 Å². The van der Waals surface area contributed by atoms with Crippen molar-refractivity contribution in [3.63, 3.8) is 0 Å². The van der Waals surface area contributed by atoms with Crippen molar-refractivity contribution in [3.8, 4) is 0 Å². The van der Waals surface area contributed by atoms with Gasteiger partial charge in [0.15, 0.2) is 0 Å². The molecule has 2 N–H and O–H groups in total. The Bertz CT molecular complexity index is 575. The van der Waals surface area contributed by atoms with Crippen molar-refractivity contribution >= 4 is 27.3 Å². The van der Waals surface area contributed by atoms with Gasteiger partial charge in [-0.15, -0.1) is 11.3 Å². The number of aliphatic carboxylic acids is 1. The molecule has 0 saturated heterocycles. The van der Waals surface area contributed by atoms with Gasteiger partial charge in [0.2, 0.25) is 10.0 Å². The van der Waals surface area contributed by atoms with E-state index in [1.807, 2.05) is 20.8 Å². The molecule has 0 aromatic carbocycles. The second-order valence-electron chi connectivity index (χ2n) is 5.29. The highest BCUT2D eigenvalue weighted by Crippen LogP contribution is 2.25. The van der Waals surface area contributed by atoms with Gasteiger partial charge in [-0.25, -0.2) is 13.1 Å². The lowest BCUT2D eigenvalue weighted by atomic mass is 9.98. The first-order chi connectivity index (χ1) is 9.13. The predicted molar refractivity (Wildman–Crippen MR) is 79.6 cm³/mol. The van der Waals surface area contributed by atoms with Crippen LogP contribution in [0.5, 0.6) is 0 Å². The Morgan fingerprint density at radius 1 is 1.40 bits per heavy atom. The first-order valence-corrected chi connectivity index (χ1v) is 8.73. The molecule has 20 heavy (non-hydrogen) atoms. The molecule has 1 atom stereocenters. The number of rotatable bonds is 7. The number of hydrogen-bond acceptors (Lipinski definition) is 4. The van der Waals surface area contributed by atoms with Crippen LogP contribution in [0.1, 0.15) is 30.0 Å². The third-order valence-electron chi connectivity index (χ3n) is 2.91. The molecule has 0 fully saturated rings. The predicted octanol–water partition coefficient (Wildman–Crippen LogP) is 2.39. The number of carboxylic acid groups (broad SMARTS) is 1. The minimum absolute atomic E-state index is 0.0792. The Kier molecular flexibility index (Phi) is 5.73. The lowest BCUT2D eigenvalue weighted by molar-refractivity contribution is -0.142. The zero-order valence-electron chi connectivity index (χ0n) is 12.1. The Morgan fingerprint density at radius 2 is 2.00 bits per heavy atom. The first kappa shape index (κ1) is 17.1. The third-order valence-corrected chi connectivity index (χ3v) is 5.55. The highest BCUT2D eigenvalue weighted by atomic mass is 32.2. The topological polar surface area (TPSA) is 83.5 Å². The van der Waals surface area contributed by atoms with Crippen LogP contribution in [0.4, 0.5) is 0 Å². The lowest BCUT2D eigenvalue weighted by Gasteiger charge is -2.15. The molecule has 0 radical (unpaired) electrons. The molecule has 1 aromatic heterocycles. The fraction of sp³-hybridized carbons (Fsp3) is 0.615. The number of hydrogen-bond donors (Lipinski definition) is 2. The Labute approximate surface area is 124 Å². The average Bonchev–Trinajstić information content (AvgIpc) is 2.63. The van der Waals surface area contributed by atoms with Crippen molar-refractivity contribution in [2.45, 2.75) is 39.0 Å². The van der Waals surface area contributed by atoms with Crippen LogP contribution >= 0.6 is 11.3 Å². The SMILES string of the molecule is Cc1cc(S(=O)(=O)NCC(CC(C)C)C(=O)O)c(C)s1. The van der Waals surface area contributed by atoms with E-state index in [-0.39, 0.29) is 17.4 Å². The molecular formula is C13H21NO4S2. The summed E-state index contributed by atoms with van der Waals surface area (Å²) >= 11 is 1.41. The van der Waals surface area contributed by atoms with Gasteiger partial charge in [0.05, 0.1) is 10.8 Å². The van der Waals surface area contributed by atoms with E-state index < -0.39 is 21.9 Å². The number of sulfonamides is 1. The smallest absolute Gasteiger partial charge is 0.307 e. The van der Waals surface area contributed by atoms with E-state index >= 15 is 0 Å². The maximum atomic E-state index is 12.2. The van der Waals surface area contributed by atoms with Crippen molar-refractivity contribution in [3.05, 3.63) is 15.8 Å². The summed E-state index contributed by atoms with van der Waals surface area (Å²) < 4.78 is 26.8. The highest BCUT2D eigenvalue weighted by Gasteiger charge is 2.24. The molecule has 0 saturated carbocycles. The van der Waals surface area contributed by atoms with Gasteiger partial charge in [0.1, 0.15) is 0 Å². The van der Waals surface area contributed by atoms with Gasteiger partial charge in [-0.2, -0.15) is 0 Å². The lowest BCUT2D eigenvalue weighted by Crippen LogP contribution is -2.33. The zero-order valence-corrected chi connectivity index (χ0v) is 13.8. The maximum Gasteiger partial charge on any atom is 0.307 e. The van der Waals surface area contributed by atoms with E-state index in [4.69, 9.17) is 5.11 Å². The summed E-state index contributed by atoms with van der Waals surface area (Å²) in [7, 11) is -3.64.